The molecule has 0 saturated heterocycles. The third-order valence-electron chi connectivity index (χ3n) is 2.49. The quantitative estimate of drug-likeness (QED) is 0.860. The Morgan fingerprint density at radius 2 is 2.00 bits per heavy atom. The fraction of sp³-hybridized carbons (Fsp3) is 0.0769. The minimum atomic E-state index is -0.645. The fourth-order valence-corrected chi connectivity index (χ4v) is 1.55. The summed E-state index contributed by atoms with van der Waals surface area (Å²) in [6.07, 6.45) is 1.61. The molecule has 3 N–H and O–H groups in total. The summed E-state index contributed by atoms with van der Waals surface area (Å²) in [5, 5.41) is 2.60. The lowest BCUT2D eigenvalue weighted by molar-refractivity contribution is 0.0991. The van der Waals surface area contributed by atoms with Crippen LogP contribution in [0.5, 0.6) is 0 Å². The molecule has 0 radical (unpaired) electrons. The molecule has 2 aromatic rings. The summed E-state index contributed by atoms with van der Waals surface area (Å²) in [5.41, 5.74) is 6.29. The average molecular weight is 256 g/mol. The van der Waals surface area contributed by atoms with E-state index in [0.717, 1.165) is 0 Å². The van der Waals surface area contributed by atoms with Gasteiger partial charge in [0.05, 0.1) is 5.56 Å². The maximum absolute atomic E-state index is 12.0. The Morgan fingerprint density at radius 3 is 2.68 bits per heavy atom. The van der Waals surface area contributed by atoms with E-state index in [1.165, 1.54) is 6.07 Å². The largest absolute Gasteiger partial charge is 0.364 e. The van der Waals surface area contributed by atoms with Crippen LogP contribution in [0.15, 0.2) is 36.5 Å². The molecule has 0 aromatic carbocycles. The topological polar surface area (TPSA) is 98.0 Å². The lowest BCUT2D eigenvalue weighted by Gasteiger charge is -2.06. The van der Waals surface area contributed by atoms with Gasteiger partial charge < -0.3 is 11.1 Å². The normalized spacial score (nSPS) is 9.95. The van der Waals surface area contributed by atoms with Crippen molar-refractivity contribution in [3.8, 4) is 0 Å². The van der Waals surface area contributed by atoms with E-state index in [9.17, 15) is 9.59 Å². The van der Waals surface area contributed by atoms with E-state index in [0.29, 0.717) is 11.3 Å². The van der Waals surface area contributed by atoms with E-state index >= 15 is 0 Å². The summed E-state index contributed by atoms with van der Waals surface area (Å²) in [5.74, 6) is -0.710. The molecule has 6 nitrogen and oxygen atoms in total. The Labute approximate surface area is 109 Å². The molecule has 0 bridgehead atoms. The van der Waals surface area contributed by atoms with Gasteiger partial charge in [0.1, 0.15) is 11.5 Å². The number of nitrogens with two attached hydrogens (primary N) is 1. The Morgan fingerprint density at radius 1 is 1.21 bits per heavy atom. The van der Waals surface area contributed by atoms with Crippen LogP contribution in [0.2, 0.25) is 0 Å². The number of aryl methyl sites for hydroxylation is 1. The summed E-state index contributed by atoms with van der Waals surface area (Å²) in [7, 11) is 0. The predicted octanol–water partition coefficient (Wildman–Crippen LogP) is 1.14. The number of pyridine rings is 2. The van der Waals surface area contributed by atoms with Gasteiger partial charge >= 0.3 is 0 Å². The number of anilines is 1. The maximum Gasteiger partial charge on any atom is 0.267 e. The Hall–Kier alpha value is -2.76. The third-order valence-corrected chi connectivity index (χ3v) is 2.49. The third kappa shape index (κ3) is 2.92. The van der Waals surface area contributed by atoms with Crippen molar-refractivity contribution in [1.29, 1.82) is 0 Å². The van der Waals surface area contributed by atoms with Crippen molar-refractivity contribution in [2.45, 2.75) is 6.92 Å². The van der Waals surface area contributed by atoms with Crippen LogP contribution in [0.4, 0.5) is 5.82 Å². The minimum absolute atomic E-state index is 0.0979. The Balaban J connectivity index is 2.22. The van der Waals surface area contributed by atoms with Gasteiger partial charge in [-0.2, -0.15) is 0 Å². The second-order valence-electron chi connectivity index (χ2n) is 3.86. The molecule has 96 valence electrons. The lowest BCUT2D eigenvalue weighted by atomic mass is 10.2. The highest BCUT2D eigenvalue weighted by atomic mass is 16.2. The number of amides is 2. The molecule has 2 heterocycles. The lowest BCUT2D eigenvalue weighted by Crippen LogP contribution is -2.17. The molecule has 0 spiro atoms. The number of hydrogen-bond donors (Lipinski definition) is 2. The zero-order chi connectivity index (χ0) is 13.8. The first-order valence-electron chi connectivity index (χ1n) is 5.58. The summed E-state index contributed by atoms with van der Waals surface area (Å²) in [6, 6.07) is 7.99. The first-order valence-corrected chi connectivity index (χ1v) is 5.58. The van der Waals surface area contributed by atoms with E-state index in [4.69, 9.17) is 5.73 Å². The molecule has 2 amide bonds. The molecule has 0 aliphatic carbocycles. The first kappa shape index (κ1) is 12.7. The van der Waals surface area contributed by atoms with Gasteiger partial charge in [0.2, 0.25) is 0 Å². The minimum Gasteiger partial charge on any atom is -0.364 e. The van der Waals surface area contributed by atoms with E-state index in [1.807, 2.05) is 0 Å². The van der Waals surface area contributed by atoms with Crippen molar-refractivity contribution < 1.29 is 9.59 Å². The van der Waals surface area contributed by atoms with Gasteiger partial charge in [-0.25, -0.2) is 4.98 Å². The number of nitrogens with zero attached hydrogens (tertiary/aromatic N) is 2. The van der Waals surface area contributed by atoms with Crippen molar-refractivity contribution in [1.82, 2.24) is 9.97 Å². The molecule has 2 aromatic heterocycles. The number of aromatic nitrogens is 2. The molecule has 0 fully saturated rings. The molecular formula is C13H12N4O2. The summed E-state index contributed by atoms with van der Waals surface area (Å²) < 4.78 is 0. The van der Waals surface area contributed by atoms with Crippen LogP contribution in [0, 0.1) is 6.92 Å². The van der Waals surface area contributed by atoms with Gasteiger partial charge in [0.15, 0.2) is 0 Å². The number of carbonyl (C=O) groups is 2. The van der Waals surface area contributed by atoms with Crippen LogP contribution >= 0.6 is 0 Å². The molecule has 0 unspecified atom stereocenters. The number of hydrogen-bond acceptors (Lipinski definition) is 4. The standard InChI is InChI=1S/C13H12N4O2/c1-8-9(4-3-7-15-8)13(19)17-11-6-2-5-10(16-11)12(14)18/h2-7H,1H3,(H2,14,18)(H,16,17,19). The highest BCUT2D eigenvalue weighted by Crippen LogP contribution is 2.09. The van der Waals surface area contributed by atoms with Crippen molar-refractivity contribution >= 4 is 17.6 Å². The maximum atomic E-state index is 12.0. The molecule has 0 aliphatic heterocycles. The summed E-state index contributed by atoms with van der Waals surface area (Å²) in [4.78, 5) is 31.0. The predicted molar refractivity (Wildman–Crippen MR) is 69.7 cm³/mol. The highest BCUT2D eigenvalue weighted by molar-refractivity contribution is 6.04. The molecule has 19 heavy (non-hydrogen) atoms. The van der Waals surface area contributed by atoms with Crippen molar-refractivity contribution in [3.63, 3.8) is 0 Å². The van der Waals surface area contributed by atoms with E-state index in [2.05, 4.69) is 15.3 Å². The van der Waals surface area contributed by atoms with E-state index in [-0.39, 0.29) is 17.4 Å². The SMILES string of the molecule is Cc1ncccc1C(=O)Nc1cccc(C(N)=O)n1. The monoisotopic (exact) mass is 256 g/mol. The van der Waals surface area contributed by atoms with Gasteiger partial charge in [-0.15, -0.1) is 0 Å². The highest BCUT2D eigenvalue weighted by Gasteiger charge is 2.11. The van der Waals surface area contributed by atoms with Crippen LogP contribution in [0.1, 0.15) is 26.5 Å². The van der Waals surface area contributed by atoms with Gasteiger partial charge in [0.25, 0.3) is 11.8 Å². The van der Waals surface area contributed by atoms with Gasteiger partial charge in [-0.1, -0.05) is 6.07 Å². The van der Waals surface area contributed by atoms with Crippen molar-refractivity contribution in [2.24, 2.45) is 5.73 Å². The van der Waals surface area contributed by atoms with E-state index in [1.54, 1.807) is 37.4 Å². The van der Waals surface area contributed by atoms with Crippen LogP contribution in [-0.2, 0) is 0 Å². The van der Waals surface area contributed by atoms with Gasteiger partial charge in [-0.3, -0.25) is 14.6 Å². The zero-order valence-electron chi connectivity index (χ0n) is 10.3. The van der Waals surface area contributed by atoms with Crippen molar-refractivity contribution in [2.75, 3.05) is 5.32 Å². The molecule has 6 heteroatoms. The van der Waals surface area contributed by atoms with Gasteiger partial charge in [-0.05, 0) is 31.2 Å². The van der Waals surface area contributed by atoms with Crippen LogP contribution in [0.3, 0.4) is 0 Å². The number of nitrogens with one attached hydrogen (secondary N) is 1. The summed E-state index contributed by atoms with van der Waals surface area (Å²) in [6.45, 7) is 1.74. The smallest absolute Gasteiger partial charge is 0.267 e. The van der Waals surface area contributed by atoms with Crippen LogP contribution < -0.4 is 11.1 Å². The average Bonchev–Trinajstić information content (AvgIpc) is 2.39. The second kappa shape index (κ2) is 5.26. The number of carbonyl (C=O) groups excluding carboxylic acids is 2. The Kier molecular flexibility index (Phi) is 3.51. The van der Waals surface area contributed by atoms with Crippen LogP contribution in [-0.4, -0.2) is 21.8 Å². The first-order chi connectivity index (χ1) is 9.08. The molecule has 0 saturated carbocycles. The Bertz CT molecular complexity index is 640. The molecule has 0 aliphatic rings. The van der Waals surface area contributed by atoms with Crippen molar-refractivity contribution in [3.05, 3.63) is 53.5 Å². The molecule has 0 atom stereocenters. The molecule has 2 rings (SSSR count). The zero-order valence-corrected chi connectivity index (χ0v) is 10.3. The fourth-order valence-electron chi connectivity index (χ4n) is 1.55. The van der Waals surface area contributed by atoms with E-state index < -0.39 is 5.91 Å². The summed E-state index contributed by atoms with van der Waals surface area (Å²) >= 11 is 0. The number of rotatable bonds is 3. The number of primary amides is 1. The molecular weight excluding hydrogens is 244 g/mol. The second-order valence-corrected chi connectivity index (χ2v) is 3.86. The van der Waals surface area contributed by atoms with Gasteiger partial charge in [0, 0.05) is 11.9 Å². The van der Waals surface area contributed by atoms with Crippen LogP contribution in [0.25, 0.3) is 0 Å².